The van der Waals surface area contributed by atoms with Crippen molar-refractivity contribution in [2.75, 3.05) is 6.54 Å². The Balaban J connectivity index is 1.75. The van der Waals surface area contributed by atoms with Gasteiger partial charge in [-0.1, -0.05) is 24.3 Å². The number of benzene rings is 1. The normalized spacial score (nSPS) is 19.1. The summed E-state index contributed by atoms with van der Waals surface area (Å²) >= 11 is 0. The van der Waals surface area contributed by atoms with E-state index >= 15 is 0 Å². The number of furan rings is 1. The van der Waals surface area contributed by atoms with Crippen molar-refractivity contribution >= 4 is 5.91 Å². The Kier molecular flexibility index (Phi) is 3.56. The molecule has 2 heterocycles. The highest BCUT2D eigenvalue weighted by atomic mass is 16.3. The van der Waals surface area contributed by atoms with E-state index in [0.29, 0.717) is 6.54 Å². The summed E-state index contributed by atoms with van der Waals surface area (Å²) in [5.41, 5.74) is 2.32. The molecule has 0 bridgehead atoms. The number of carbonyl (C=O) groups excluding carboxylic acids is 1. The maximum absolute atomic E-state index is 12.5. The second kappa shape index (κ2) is 5.51. The first kappa shape index (κ1) is 12.9. The Morgan fingerprint density at radius 3 is 3.00 bits per heavy atom. The molecule has 0 fully saturated rings. The molecule has 104 valence electrons. The first-order chi connectivity index (χ1) is 9.75. The van der Waals surface area contributed by atoms with Crippen LogP contribution in [0.1, 0.15) is 35.8 Å². The van der Waals surface area contributed by atoms with Crippen molar-refractivity contribution in [1.29, 1.82) is 0 Å². The zero-order chi connectivity index (χ0) is 13.9. The minimum atomic E-state index is -0.141. The molecule has 0 radical (unpaired) electrons. The second-order valence-corrected chi connectivity index (χ2v) is 5.13. The average Bonchev–Trinajstić information content (AvgIpc) is 3.01. The summed E-state index contributed by atoms with van der Waals surface area (Å²) in [4.78, 5) is 12.5. The molecular formula is C16H18N2O2. The Hall–Kier alpha value is -2.07. The van der Waals surface area contributed by atoms with Crippen LogP contribution in [0.4, 0.5) is 0 Å². The van der Waals surface area contributed by atoms with Gasteiger partial charge in [-0.15, -0.1) is 0 Å². The molecule has 3 rings (SSSR count). The van der Waals surface area contributed by atoms with E-state index in [0.717, 1.165) is 17.9 Å². The van der Waals surface area contributed by atoms with E-state index < -0.39 is 0 Å². The molecular weight excluding hydrogens is 252 g/mol. The van der Waals surface area contributed by atoms with Crippen LogP contribution in [0.5, 0.6) is 0 Å². The van der Waals surface area contributed by atoms with E-state index in [1.165, 1.54) is 5.56 Å². The molecule has 4 heteroatoms. The molecule has 1 aromatic heterocycles. The zero-order valence-electron chi connectivity index (χ0n) is 11.4. The van der Waals surface area contributed by atoms with Gasteiger partial charge in [0.15, 0.2) is 0 Å². The topological polar surface area (TPSA) is 54.3 Å². The number of carbonyl (C=O) groups is 1. The third kappa shape index (κ3) is 2.47. The highest BCUT2D eigenvalue weighted by Gasteiger charge is 2.27. The largest absolute Gasteiger partial charge is 0.467 e. The summed E-state index contributed by atoms with van der Waals surface area (Å²) in [7, 11) is 0. The van der Waals surface area contributed by atoms with Crippen LogP contribution in [-0.2, 0) is 11.3 Å². The first-order valence-corrected chi connectivity index (χ1v) is 6.88. The quantitative estimate of drug-likeness (QED) is 0.900. The van der Waals surface area contributed by atoms with E-state index in [-0.39, 0.29) is 17.9 Å². The molecule has 2 atom stereocenters. The summed E-state index contributed by atoms with van der Waals surface area (Å²) in [6, 6.07) is 11.7. The van der Waals surface area contributed by atoms with Crippen LogP contribution in [-0.4, -0.2) is 12.5 Å². The van der Waals surface area contributed by atoms with Crippen LogP contribution in [0.25, 0.3) is 0 Å². The number of fused-ring (bicyclic) bond motifs is 1. The highest BCUT2D eigenvalue weighted by Crippen LogP contribution is 2.25. The Morgan fingerprint density at radius 1 is 1.35 bits per heavy atom. The van der Waals surface area contributed by atoms with Gasteiger partial charge < -0.3 is 15.1 Å². The van der Waals surface area contributed by atoms with Gasteiger partial charge in [0.2, 0.25) is 5.91 Å². The lowest BCUT2D eigenvalue weighted by Crippen LogP contribution is -2.39. The van der Waals surface area contributed by atoms with E-state index in [9.17, 15) is 4.79 Å². The molecule has 2 aromatic rings. The third-order valence-corrected chi connectivity index (χ3v) is 3.74. The lowest BCUT2D eigenvalue weighted by atomic mass is 9.90. The molecule has 0 spiro atoms. The molecule has 1 aliphatic heterocycles. The second-order valence-electron chi connectivity index (χ2n) is 5.13. The number of nitrogens with one attached hydrogen (secondary N) is 2. The molecule has 2 N–H and O–H groups in total. The van der Waals surface area contributed by atoms with Crippen molar-refractivity contribution in [2.45, 2.75) is 25.4 Å². The van der Waals surface area contributed by atoms with Crippen molar-refractivity contribution < 1.29 is 9.21 Å². The minimum absolute atomic E-state index is 0.0357. The number of amides is 1. The van der Waals surface area contributed by atoms with Gasteiger partial charge in [-0.3, -0.25) is 4.79 Å². The van der Waals surface area contributed by atoms with Crippen LogP contribution < -0.4 is 10.6 Å². The van der Waals surface area contributed by atoms with Crippen LogP contribution in [0, 0.1) is 0 Å². The zero-order valence-corrected chi connectivity index (χ0v) is 11.4. The summed E-state index contributed by atoms with van der Waals surface area (Å²) < 4.78 is 5.32. The van der Waals surface area contributed by atoms with Crippen molar-refractivity contribution in [2.24, 2.45) is 0 Å². The summed E-state index contributed by atoms with van der Waals surface area (Å²) in [5, 5.41) is 6.32. The summed E-state index contributed by atoms with van der Waals surface area (Å²) in [6.45, 7) is 3.43. The average molecular weight is 270 g/mol. The molecule has 0 saturated heterocycles. The minimum Gasteiger partial charge on any atom is -0.467 e. The van der Waals surface area contributed by atoms with Crippen molar-refractivity contribution in [3.05, 3.63) is 59.5 Å². The lowest BCUT2D eigenvalue weighted by molar-refractivity contribution is -0.123. The maximum atomic E-state index is 12.5. The molecule has 1 amide bonds. The van der Waals surface area contributed by atoms with Crippen molar-refractivity contribution in [3.8, 4) is 0 Å². The van der Waals surface area contributed by atoms with E-state index in [1.54, 1.807) is 6.26 Å². The molecule has 1 aliphatic rings. The molecule has 2 unspecified atom stereocenters. The number of hydrogen-bond acceptors (Lipinski definition) is 3. The van der Waals surface area contributed by atoms with E-state index in [4.69, 9.17) is 4.42 Å². The summed E-state index contributed by atoms with van der Waals surface area (Å²) in [6.07, 6.45) is 1.62. The highest BCUT2D eigenvalue weighted by molar-refractivity contribution is 5.85. The maximum Gasteiger partial charge on any atom is 0.229 e. The van der Waals surface area contributed by atoms with Gasteiger partial charge in [0.05, 0.1) is 18.2 Å². The lowest BCUT2D eigenvalue weighted by Gasteiger charge is -2.26. The Bertz CT molecular complexity index is 592. The third-order valence-electron chi connectivity index (χ3n) is 3.74. The standard InChI is InChI=1S/C16H18N2O2/c1-11(15-7-4-8-20-15)18-16(19)14-10-17-9-12-5-2-3-6-13(12)14/h2-8,11,14,17H,9-10H2,1H3,(H,18,19). The Labute approximate surface area is 118 Å². The van der Waals surface area contributed by atoms with Gasteiger partial charge >= 0.3 is 0 Å². The van der Waals surface area contributed by atoms with Gasteiger partial charge in [0.25, 0.3) is 0 Å². The van der Waals surface area contributed by atoms with Gasteiger partial charge in [0.1, 0.15) is 5.76 Å². The number of rotatable bonds is 3. The fourth-order valence-electron chi connectivity index (χ4n) is 2.65. The SMILES string of the molecule is CC(NC(=O)C1CNCc2ccccc21)c1ccco1. The number of hydrogen-bond donors (Lipinski definition) is 2. The van der Waals surface area contributed by atoms with Gasteiger partial charge in [-0.2, -0.15) is 0 Å². The van der Waals surface area contributed by atoms with Crippen LogP contribution in [0.3, 0.4) is 0 Å². The van der Waals surface area contributed by atoms with Crippen LogP contribution >= 0.6 is 0 Å². The predicted molar refractivity (Wildman–Crippen MR) is 76.2 cm³/mol. The fraction of sp³-hybridized carbons (Fsp3) is 0.312. The molecule has 1 aromatic carbocycles. The predicted octanol–water partition coefficient (Wildman–Crippen LogP) is 2.34. The van der Waals surface area contributed by atoms with Crippen molar-refractivity contribution in [3.63, 3.8) is 0 Å². The van der Waals surface area contributed by atoms with Gasteiger partial charge in [-0.05, 0) is 30.2 Å². The molecule has 20 heavy (non-hydrogen) atoms. The van der Waals surface area contributed by atoms with Gasteiger partial charge in [0, 0.05) is 13.1 Å². The monoisotopic (exact) mass is 270 g/mol. The van der Waals surface area contributed by atoms with Crippen LogP contribution in [0.2, 0.25) is 0 Å². The fourth-order valence-corrected chi connectivity index (χ4v) is 2.65. The van der Waals surface area contributed by atoms with E-state index in [2.05, 4.69) is 16.7 Å². The molecule has 0 aliphatic carbocycles. The summed E-state index contributed by atoms with van der Waals surface area (Å²) in [5.74, 6) is 0.668. The molecule has 0 saturated carbocycles. The van der Waals surface area contributed by atoms with Crippen LogP contribution in [0.15, 0.2) is 47.1 Å². The molecule has 4 nitrogen and oxygen atoms in total. The van der Waals surface area contributed by atoms with Crippen molar-refractivity contribution in [1.82, 2.24) is 10.6 Å². The first-order valence-electron chi connectivity index (χ1n) is 6.88. The smallest absolute Gasteiger partial charge is 0.229 e. The Morgan fingerprint density at radius 2 is 2.20 bits per heavy atom. The van der Waals surface area contributed by atoms with Gasteiger partial charge in [-0.25, -0.2) is 0 Å². The van der Waals surface area contributed by atoms with E-state index in [1.807, 2.05) is 37.3 Å².